The van der Waals surface area contributed by atoms with E-state index in [1.54, 1.807) is 23.7 Å². The van der Waals surface area contributed by atoms with Gasteiger partial charge in [0.15, 0.2) is 5.82 Å². The number of halogens is 1. The van der Waals surface area contributed by atoms with E-state index in [1.165, 1.54) is 6.42 Å². The summed E-state index contributed by atoms with van der Waals surface area (Å²) in [5.74, 6) is 2.86. The van der Waals surface area contributed by atoms with Gasteiger partial charge in [-0.25, -0.2) is 0 Å². The van der Waals surface area contributed by atoms with Gasteiger partial charge >= 0.3 is 0 Å². The summed E-state index contributed by atoms with van der Waals surface area (Å²) in [4.78, 5) is 18.2. The van der Waals surface area contributed by atoms with E-state index in [9.17, 15) is 4.79 Å². The van der Waals surface area contributed by atoms with E-state index >= 15 is 0 Å². The van der Waals surface area contributed by atoms with E-state index in [4.69, 9.17) is 16.1 Å². The van der Waals surface area contributed by atoms with Crippen molar-refractivity contribution in [3.8, 4) is 0 Å². The molecule has 7 heteroatoms. The Morgan fingerprint density at radius 1 is 1.42 bits per heavy atom. The Kier molecular flexibility index (Phi) is 5.79. The van der Waals surface area contributed by atoms with E-state index in [0.717, 1.165) is 23.4 Å². The Morgan fingerprint density at radius 3 is 2.92 bits per heavy atom. The molecule has 1 aromatic carbocycles. The Balaban J connectivity index is 1.44. The lowest BCUT2D eigenvalue weighted by Crippen LogP contribution is -2.28. The predicted molar refractivity (Wildman–Crippen MR) is 95.0 cm³/mol. The molecule has 0 spiro atoms. The third-order valence-electron chi connectivity index (χ3n) is 4.18. The van der Waals surface area contributed by atoms with Gasteiger partial charge < -0.3 is 9.42 Å². The summed E-state index contributed by atoms with van der Waals surface area (Å²) in [6.45, 7) is 0.377. The zero-order valence-corrected chi connectivity index (χ0v) is 15.1. The number of carbonyl (C=O) groups is 1. The van der Waals surface area contributed by atoms with Crippen molar-refractivity contribution in [1.82, 2.24) is 15.0 Å². The van der Waals surface area contributed by atoms with Gasteiger partial charge in [0.25, 0.3) is 0 Å². The van der Waals surface area contributed by atoms with Crippen LogP contribution < -0.4 is 0 Å². The van der Waals surface area contributed by atoms with E-state index in [-0.39, 0.29) is 5.91 Å². The fourth-order valence-corrected chi connectivity index (χ4v) is 3.68. The summed E-state index contributed by atoms with van der Waals surface area (Å²) in [6.07, 6.45) is 3.47. The largest absolute Gasteiger partial charge is 0.339 e. The van der Waals surface area contributed by atoms with Gasteiger partial charge in [0.2, 0.25) is 11.8 Å². The summed E-state index contributed by atoms with van der Waals surface area (Å²) >= 11 is 7.67. The van der Waals surface area contributed by atoms with Gasteiger partial charge in [-0.2, -0.15) is 4.98 Å². The van der Waals surface area contributed by atoms with Crippen LogP contribution >= 0.6 is 23.4 Å². The van der Waals surface area contributed by atoms with Crippen molar-refractivity contribution < 1.29 is 9.32 Å². The van der Waals surface area contributed by atoms with Crippen LogP contribution in [0.1, 0.15) is 42.5 Å². The Bertz CT molecular complexity index is 703. The maximum absolute atomic E-state index is 12.2. The minimum atomic E-state index is 0.0436. The highest BCUT2D eigenvalue weighted by atomic mass is 35.5. The molecule has 5 nitrogen and oxygen atoms in total. The van der Waals surface area contributed by atoms with Gasteiger partial charge in [0.1, 0.15) is 0 Å². The van der Waals surface area contributed by atoms with Crippen LogP contribution in [0.25, 0.3) is 0 Å². The van der Waals surface area contributed by atoms with Crippen molar-refractivity contribution in [2.75, 3.05) is 12.8 Å². The molecule has 1 heterocycles. The van der Waals surface area contributed by atoms with Crippen molar-refractivity contribution in [1.29, 1.82) is 0 Å². The van der Waals surface area contributed by atoms with E-state index in [1.807, 2.05) is 24.3 Å². The van der Waals surface area contributed by atoms with Crippen molar-refractivity contribution in [2.24, 2.45) is 0 Å². The molecule has 0 bridgehead atoms. The second-order valence-corrected chi connectivity index (χ2v) is 7.40. The van der Waals surface area contributed by atoms with Gasteiger partial charge in [0.05, 0.1) is 12.3 Å². The summed E-state index contributed by atoms with van der Waals surface area (Å²) in [5, 5.41) is 4.71. The Morgan fingerprint density at radius 2 is 2.21 bits per heavy atom. The summed E-state index contributed by atoms with van der Waals surface area (Å²) < 4.78 is 5.28. The molecule has 1 fully saturated rings. The topological polar surface area (TPSA) is 59.2 Å². The predicted octanol–water partition coefficient (Wildman–Crippen LogP) is 3.88. The van der Waals surface area contributed by atoms with Crippen LogP contribution in [0.4, 0.5) is 0 Å². The molecule has 128 valence electrons. The first-order valence-corrected chi connectivity index (χ1v) is 9.54. The van der Waals surface area contributed by atoms with E-state index in [2.05, 4.69) is 10.1 Å². The normalized spacial score (nSPS) is 14.4. The van der Waals surface area contributed by atoms with E-state index < -0.39 is 0 Å². The van der Waals surface area contributed by atoms with Gasteiger partial charge in [-0.15, -0.1) is 11.8 Å². The molecular formula is C17H20ClN3O2S. The molecule has 0 N–H and O–H groups in total. The van der Waals surface area contributed by atoms with Crippen LogP contribution in [0, 0.1) is 0 Å². The summed E-state index contributed by atoms with van der Waals surface area (Å²) in [6, 6.07) is 7.69. The molecule has 2 aromatic rings. The minimum absolute atomic E-state index is 0.0436. The SMILES string of the molecule is CN(Cc1noc(C2CCC2)n1)C(=O)CSCc1ccccc1Cl. The number of benzene rings is 1. The van der Waals surface area contributed by atoms with E-state index in [0.29, 0.717) is 35.7 Å². The zero-order valence-electron chi connectivity index (χ0n) is 13.6. The van der Waals surface area contributed by atoms with Crippen LogP contribution in [0.3, 0.4) is 0 Å². The maximum Gasteiger partial charge on any atom is 0.232 e. The number of thioether (sulfide) groups is 1. The lowest BCUT2D eigenvalue weighted by molar-refractivity contribution is -0.127. The third-order valence-corrected chi connectivity index (χ3v) is 5.52. The molecule has 24 heavy (non-hydrogen) atoms. The molecule has 1 aliphatic carbocycles. The number of aromatic nitrogens is 2. The molecule has 0 unspecified atom stereocenters. The molecule has 1 aromatic heterocycles. The quantitative estimate of drug-likeness (QED) is 0.745. The van der Waals surface area contributed by atoms with Crippen LogP contribution in [0.2, 0.25) is 5.02 Å². The average Bonchev–Trinajstić information content (AvgIpc) is 2.95. The number of nitrogens with zero attached hydrogens (tertiary/aromatic N) is 3. The lowest BCUT2D eigenvalue weighted by atomic mass is 9.85. The zero-order chi connectivity index (χ0) is 16.9. The maximum atomic E-state index is 12.2. The first-order valence-electron chi connectivity index (χ1n) is 8.01. The number of rotatable bonds is 7. The molecule has 1 saturated carbocycles. The molecule has 0 radical (unpaired) electrons. The highest BCUT2D eigenvalue weighted by Gasteiger charge is 2.25. The van der Waals surface area contributed by atoms with Crippen molar-refractivity contribution in [3.05, 3.63) is 46.6 Å². The van der Waals surface area contributed by atoms with Crippen LogP contribution in [-0.2, 0) is 17.1 Å². The van der Waals surface area contributed by atoms with Gasteiger partial charge in [0, 0.05) is 23.7 Å². The second kappa shape index (κ2) is 8.03. The van der Waals surface area contributed by atoms with Crippen LogP contribution in [0.15, 0.2) is 28.8 Å². The third kappa shape index (κ3) is 4.30. The van der Waals surface area contributed by atoms with Crippen molar-refractivity contribution >= 4 is 29.3 Å². The Hall–Kier alpha value is -1.53. The molecule has 3 rings (SSSR count). The fourth-order valence-electron chi connectivity index (χ4n) is 2.43. The molecule has 1 aliphatic rings. The van der Waals surface area contributed by atoms with Crippen molar-refractivity contribution in [2.45, 2.75) is 37.5 Å². The molecular weight excluding hydrogens is 346 g/mol. The lowest BCUT2D eigenvalue weighted by Gasteiger charge is -2.20. The van der Waals surface area contributed by atoms with Crippen molar-refractivity contribution in [3.63, 3.8) is 0 Å². The smallest absolute Gasteiger partial charge is 0.232 e. The Labute approximate surface area is 150 Å². The standard InChI is InChI=1S/C17H20ClN3O2S/c1-21(9-15-19-17(23-20-15)12-6-4-7-12)16(22)11-24-10-13-5-2-3-8-14(13)18/h2-3,5,8,12H,4,6-7,9-11H2,1H3. The summed E-state index contributed by atoms with van der Waals surface area (Å²) in [7, 11) is 1.76. The first kappa shape index (κ1) is 17.3. The molecule has 0 aliphatic heterocycles. The van der Waals surface area contributed by atoms with Crippen LogP contribution in [-0.4, -0.2) is 33.7 Å². The number of amides is 1. The fraction of sp³-hybridized carbons (Fsp3) is 0.471. The minimum Gasteiger partial charge on any atom is -0.339 e. The number of carbonyl (C=O) groups excluding carboxylic acids is 1. The number of hydrogen-bond acceptors (Lipinski definition) is 5. The van der Waals surface area contributed by atoms with Gasteiger partial charge in [-0.3, -0.25) is 4.79 Å². The highest BCUT2D eigenvalue weighted by Crippen LogP contribution is 2.35. The second-order valence-electron chi connectivity index (χ2n) is 6.01. The molecule has 0 atom stereocenters. The number of hydrogen-bond donors (Lipinski definition) is 0. The average molecular weight is 366 g/mol. The van der Waals surface area contributed by atoms with Crippen LogP contribution in [0.5, 0.6) is 0 Å². The molecule has 0 saturated heterocycles. The first-order chi connectivity index (χ1) is 11.6. The van der Waals surface area contributed by atoms with Gasteiger partial charge in [-0.1, -0.05) is 41.4 Å². The van der Waals surface area contributed by atoms with Gasteiger partial charge in [-0.05, 0) is 24.5 Å². The molecule has 1 amide bonds. The summed E-state index contributed by atoms with van der Waals surface area (Å²) in [5.41, 5.74) is 1.04. The monoisotopic (exact) mass is 365 g/mol. The highest BCUT2D eigenvalue weighted by molar-refractivity contribution is 7.99.